The van der Waals surface area contributed by atoms with Crippen LogP contribution in [0.1, 0.15) is 0 Å². The van der Waals surface area contributed by atoms with Crippen LogP contribution in [0.4, 0.5) is 0 Å². The van der Waals surface area contributed by atoms with Crippen molar-refractivity contribution in [2.24, 2.45) is 0 Å². The smallest absolute Gasteiger partial charge is 0.337 e. The summed E-state index contributed by atoms with van der Waals surface area (Å²) in [7, 11) is 2.47. The molecule has 0 aromatic heterocycles. The van der Waals surface area contributed by atoms with Gasteiger partial charge < -0.3 is 28.4 Å². The van der Waals surface area contributed by atoms with Crippen LogP contribution >= 0.6 is 0 Å². The van der Waals surface area contributed by atoms with Gasteiger partial charge in [-0.2, -0.15) is 0 Å². The summed E-state index contributed by atoms with van der Waals surface area (Å²) >= 11 is 0. The van der Waals surface area contributed by atoms with Gasteiger partial charge in [0.25, 0.3) is 0 Å². The second-order valence-electron chi connectivity index (χ2n) is 3.72. The van der Waals surface area contributed by atoms with Gasteiger partial charge in [-0.25, -0.2) is 9.59 Å². The number of methoxy groups -OCH3 is 2. The van der Waals surface area contributed by atoms with E-state index in [0.29, 0.717) is 0 Å². The molecule has 8 nitrogen and oxygen atoms in total. The van der Waals surface area contributed by atoms with E-state index in [1.807, 2.05) is 0 Å². The highest BCUT2D eigenvalue weighted by atomic mass is 16.8. The fraction of sp³-hybridized carbons (Fsp3) is 0.800. The Morgan fingerprint density at radius 2 is 1.22 bits per heavy atom. The monoisotopic (exact) mass is 262 g/mol. The second-order valence-corrected chi connectivity index (χ2v) is 3.72. The molecule has 0 aromatic rings. The summed E-state index contributed by atoms with van der Waals surface area (Å²) in [5.74, 6) is -1.21. The topological polar surface area (TPSA) is 89.5 Å². The molecule has 2 aliphatic heterocycles. The lowest BCUT2D eigenvalue weighted by Crippen LogP contribution is -2.47. The first-order valence-corrected chi connectivity index (χ1v) is 5.31. The van der Waals surface area contributed by atoms with Crippen molar-refractivity contribution >= 4 is 11.9 Å². The number of ether oxygens (including phenoxy) is 6. The van der Waals surface area contributed by atoms with Crippen LogP contribution in [0, 0.1) is 0 Å². The van der Waals surface area contributed by atoms with Crippen molar-refractivity contribution in [1.29, 1.82) is 0 Å². The summed E-state index contributed by atoms with van der Waals surface area (Å²) in [5, 5.41) is 0. The molecule has 2 fully saturated rings. The Morgan fingerprint density at radius 3 is 1.61 bits per heavy atom. The first-order valence-electron chi connectivity index (χ1n) is 5.31. The van der Waals surface area contributed by atoms with E-state index >= 15 is 0 Å². The molecule has 18 heavy (non-hydrogen) atoms. The Bertz CT molecular complexity index is 300. The van der Waals surface area contributed by atoms with Gasteiger partial charge in [0.1, 0.15) is 25.8 Å². The molecular formula is C10H14O8. The molecule has 8 heteroatoms. The predicted octanol–water partition coefficient (Wildman–Crippen LogP) is -1.18. The Kier molecular flexibility index (Phi) is 4.12. The number of hydrogen-bond donors (Lipinski definition) is 0. The quantitative estimate of drug-likeness (QED) is 0.574. The molecule has 0 bridgehead atoms. The largest absolute Gasteiger partial charge is 0.467 e. The Balaban J connectivity index is 2.18. The number of hydrogen-bond acceptors (Lipinski definition) is 8. The Morgan fingerprint density at radius 1 is 0.833 bits per heavy atom. The van der Waals surface area contributed by atoms with Crippen LogP contribution in [-0.2, 0) is 38.0 Å². The predicted molar refractivity (Wildman–Crippen MR) is 53.3 cm³/mol. The molecule has 2 aliphatic rings. The van der Waals surface area contributed by atoms with Crippen molar-refractivity contribution in [2.75, 3.05) is 27.8 Å². The third-order valence-corrected chi connectivity index (χ3v) is 2.80. The van der Waals surface area contributed by atoms with Gasteiger partial charge in [-0.05, 0) is 0 Å². The molecule has 102 valence electrons. The molecule has 0 aromatic carbocycles. The van der Waals surface area contributed by atoms with Crippen LogP contribution in [0.5, 0.6) is 0 Å². The Labute approximate surface area is 103 Å². The van der Waals surface area contributed by atoms with Crippen molar-refractivity contribution in [1.82, 2.24) is 0 Å². The summed E-state index contributed by atoms with van der Waals surface area (Å²) < 4.78 is 30.1. The van der Waals surface area contributed by atoms with E-state index in [0.717, 1.165) is 0 Å². The SMILES string of the molecule is COC(=O)[C@H]1OCO[C@@H](C(=O)OC)[C@H]2OCO[C@H]21. The summed E-state index contributed by atoms with van der Waals surface area (Å²) in [6, 6.07) is 0. The van der Waals surface area contributed by atoms with Crippen molar-refractivity contribution in [3.8, 4) is 0 Å². The van der Waals surface area contributed by atoms with Crippen LogP contribution in [0.25, 0.3) is 0 Å². The van der Waals surface area contributed by atoms with Gasteiger partial charge in [0.15, 0.2) is 12.2 Å². The lowest BCUT2D eigenvalue weighted by Gasteiger charge is -2.22. The van der Waals surface area contributed by atoms with E-state index < -0.39 is 36.4 Å². The molecule has 0 N–H and O–H groups in total. The van der Waals surface area contributed by atoms with E-state index in [9.17, 15) is 9.59 Å². The number of carbonyl (C=O) groups is 2. The van der Waals surface area contributed by atoms with Crippen LogP contribution in [0.3, 0.4) is 0 Å². The van der Waals surface area contributed by atoms with Gasteiger partial charge in [-0.3, -0.25) is 0 Å². The average molecular weight is 262 g/mol. The van der Waals surface area contributed by atoms with E-state index in [1.54, 1.807) is 0 Å². The molecule has 2 rings (SSSR count). The number of rotatable bonds is 2. The summed E-state index contributed by atoms with van der Waals surface area (Å²) in [6.07, 6.45) is -3.50. The third-order valence-electron chi connectivity index (χ3n) is 2.80. The molecule has 2 saturated heterocycles. The minimum Gasteiger partial charge on any atom is -0.467 e. The van der Waals surface area contributed by atoms with Gasteiger partial charge in [0, 0.05) is 0 Å². The average Bonchev–Trinajstić information content (AvgIpc) is 2.79. The number of carbonyl (C=O) groups excluding carboxylic acids is 2. The zero-order valence-electron chi connectivity index (χ0n) is 9.99. The molecule has 0 saturated carbocycles. The minimum absolute atomic E-state index is 0.0525. The maximum atomic E-state index is 11.6. The van der Waals surface area contributed by atoms with E-state index in [4.69, 9.17) is 18.9 Å². The highest BCUT2D eigenvalue weighted by molar-refractivity contribution is 5.78. The highest BCUT2D eigenvalue weighted by Crippen LogP contribution is 2.27. The van der Waals surface area contributed by atoms with E-state index in [1.165, 1.54) is 14.2 Å². The van der Waals surface area contributed by atoms with Crippen LogP contribution in [-0.4, -0.2) is 64.2 Å². The summed E-state index contributed by atoms with van der Waals surface area (Å²) in [4.78, 5) is 23.1. The molecule has 0 unspecified atom stereocenters. The van der Waals surface area contributed by atoms with E-state index in [-0.39, 0.29) is 13.6 Å². The maximum Gasteiger partial charge on any atom is 0.337 e. The van der Waals surface area contributed by atoms with Crippen molar-refractivity contribution in [3.05, 3.63) is 0 Å². The molecule has 0 radical (unpaired) electrons. The molecular weight excluding hydrogens is 248 g/mol. The van der Waals surface area contributed by atoms with Gasteiger partial charge >= 0.3 is 11.9 Å². The molecule has 0 amide bonds. The molecule has 0 aliphatic carbocycles. The van der Waals surface area contributed by atoms with Crippen molar-refractivity contribution in [3.63, 3.8) is 0 Å². The number of esters is 2. The lowest BCUT2D eigenvalue weighted by atomic mass is 10.0. The first-order chi connectivity index (χ1) is 8.69. The summed E-state index contributed by atoms with van der Waals surface area (Å²) in [5.41, 5.74) is 0. The zero-order chi connectivity index (χ0) is 13.1. The second kappa shape index (κ2) is 5.61. The maximum absolute atomic E-state index is 11.6. The van der Waals surface area contributed by atoms with Gasteiger partial charge in [0.05, 0.1) is 14.2 Å². The number of fused-ring (bicyclic) bond motifs is 1. The van der Waals surface area contributed by atoms with Crippen LogP contribution in [0.15, 0.2) is 0 Å². The summed E-state index contributed by atoms with van der Waals surface area (Å²) in [6.45, 7) is -0.303. The first kappa shape index (κ1) is 13.2. The standard InChI is InChI=1S/C10H14O8/c1-13-9(11)7-5-6(16-3-15-5)8(10(12)14-2)18-4-17-7/h5-8H,3-4H2,1-2H3/t5-,6+,7+,8-. The third kappa shape index (κ3) is 2.32. The molecule has 2 heterocycles. The van der Waals surface area contributed by atoms with Gasteiger partial charge in [0.2, 0.25) is 0 Å². The van der Waals surface area contributed by atoms with Crippen molar-refractivity contribution < 1.29 is 38.0 Å². The van der Waals surface area contributed by atoms with E-state index in [2.05, 4.69) is 9.47 Å². The van der Waals surface area contributed by atoms with Crippen molar-refractivity contribution in [2.45, 2.75) is 24.4 Å². The van der Waals surface area contributed by atoms with Crippen LogP contribution in [0.2, 0.25) is 0 Å². The van der Waals surface area contributed by atoms with Gasteiger partial charge in [-0.1, -0.05) is 0 Å². The zero-order valence-corrected chi connectivity index (χ0v) is 9.99. The van der Waals surface area contributed by atoms with Crippen LogP contribution < -0.4 is 0 Å². The fourth-order valence-corrected chi connectivity index (χ4v) is 1.92. The molecule has 4 atom stereocenters. The lowest BCUT2D eigenvalue weighted by molar-refractivity contribution is -0.180. The highest BCUT2D eigenvalue weighted by Gasteiger charge is 2.50. The minimum atomic E-state index is -0.989. The Hall–Kier alpha value is -1.22. The fourth-order valence-electron chi connectivity index (χ4n) is 1.92. The molecule has 0 spiro atoms. The van der Waals surface area contributed by atoms with Gasteiger partial charge in [-0.15, -0.1) is 0 Å². The normalized spacial score (nSPS) is 35.4.